The summed E-state index contributed by atoms with van der Waals surface area (Å²) in [7, 11) is 5.62. The predicted molar refractivity (Wildman–Crippen MR) is 68.4 cm³/mol. The van der Waals surface area contributed by atoms with Crippen molar-refractivity contribution in [3.8, 4) is 0 Å². The van der Waals surface area contributed by atoms with Gasteiger partial charge in [-0.05, 0) is 20.5 Å². The highest BCUT2D eigenvalue weighted by Gasteiger charge is 2.25. The summed E-state index contributed by atoms with van der Waals surface area (Å²) in [5.74, 6) is -1.33. The van der Waals surface area contributed by atoms with Crippen molar-refractivity contribution in [3.63, 3.8) is 0 Å². The number of hydrogen-bond acceptors (Lipinski definition) is 3. The smallest absolute Gasteiger partial charge is 0.317 e. The van der Waals surface area contributed by atoms with Crippen molar-refractivity contribution >= 4 is 12.0 Å². The van der Waals surface area contributed by atoms with Crippen molar-refractivity contribution in [3.05, 3.63) is 12.2 Å². The van der Waals surface area contributed by atoms with Gasteiger partial charge in [0.05, 0.1) is 12.0 Å². The van der Waals surface area contributed by atoms with Gasteiger partial charge in [-0.15, -0.1) is 0 Å². The van der Waals surface area contributed by atoms with Crippen LogP contribution in [-0.4, -0.2) is 67.2 Å². The Kier molecular flexibility index (Phi) is 5.15. The van der Waals surface area contributed by atoms with Gasteiger partial charge >= 0.3 is 12.0 Å². The minimum Gasteiger partial charge on any atom is -0.481 e. The molecular formula is C12H21N3O3. The molecule has 1 rings (SSSR count). The SMILES string of the molecule is CN(C)CCN(C)C(=O)NC1C=CC(C(=O)O)C1. The minimum atomic E-state index is -0.844. The third kappa shape index (κ3) is 4.37. The van der Waals surface area contributed by atoms with Crippen LogP contribution >= 0.6 is 0 Å². The third-order valence-electron chi connectivity index (χ3n) is 2.94. The van der Waals surface area contributed by atoms with Gasteiger partial charge in [0.2, 0.25) is 0 Å². The molecular weight excluding hydrogens is 234 g/mol. The van der Waals surface area contributed by atoms with E-state index < -0.39 is 11.9 Å². The average molecular weight is 255 g/mol. The van der Waals surface area contributed by atoms with Crippen molar-refractivity contribution in [2.75, 3.05) is 34.2 Å². The van der Waals surface area contributed by atoms with Crippen LogP contribution in [0.2, 0.25) is 0 Å². The summed E-state index contributed by atoms with van der Waals surface area (Å²) in [5.41, 5.74) is 0. The van der Waals surface area contributed by atoms with Crippen molar-refractivity contribution in [1.82, 2.24) is 15.1 Å². The van der Waals surface area contributed by atoms with Gasteiger partial charge in [0.1, 0.15) is 0 Å². The van der Waals surface area contributed by atoms with E-state index in [4.69, 9.17) is 5.11 Å². The zero-order valence-corrected chi connectivity index (χ0v) is 11.1. The fourth-order valence-corrected chi connectivity index (χ4v) is 1.71. The maximum absolute atomic E-state index is 11.8. The van der Waals surface area contributed by atoms with Crippen LogP contribution in [0.25, 0.3) is 0 Å². The number of carbonyl (C=O) groups is 2. The molecule has 1 aliphatic rings. The van der Waals surface area contributed by atoms with Crippen LogP contribution in [0.3, 0.4) is 0 Å². The second-order valence-corrected chi connectivity index (χ2v) is 4.85. The molecule has 0 heterocycles. The van der Waals surface area contributed by atoms with E-state index in [1.807, 2.05) is 19.0 Å². The second kappa shape index (κ2) is 6.39. The van der Waals surface area contributed by atoms with Gasteiger partial charge in [0, 0.05) is 20.1 Å². The molecule has 2 unspecified atom stereocenters. The zero-order chi connectivity index (χ0) is 13.7. The van der Waals surface area contributed by atoms with Gasteiger partial charge in [0.25, 0.3) is 0 Å². The lowest BCUT2D eigenvalue weighted by molar-refractivity contribution is -0.140. The van der Waals surface area contributed by atoms with Crippen molar-refractivity contribution in [2.24, 2.45) is 5.92 Å². The number of carbonyl (C=O) groups excluding carboxylic acids is 1. The highest BCUT2D eigenvalue weighted by molar-refractivity contribution is 5.76. The highest BCUT2D eigenvalue weighted by Crippen LogP contribution is 2.17. The number of carboxylic acids is 1. The van der Waals surface area contributed by atoms with Crippen molar-refractivity contribution in [1.29, 1.82) is 0 Å². The molecule has 0 aliphatic heterocycles. The number of nitrogens with one attached hydrogen (secondary N) is 1. The van der Waals surface area contributed by atoms with Gasteiger partial charge in [-0.3, -0.25) is 4.79 Å². The first-order chi connectivity index (χ1) is 8.40. The molecule has 6 nitrogen and oxygen atoms in total. The number of carboxylic acid groups (broad SMARTS) is 1. The molecule has 2 atom stereocenters. The van der Waals surface area contributed by atoms with Crippen molar-refractivity contribution < 1.29 is 14.7 Å². The predicted octanol–water partition coefficient (Wildman–Crippen LogP) is 0.219. The van der Waals surface area contributed by atoms with E-state index in [0.717, 1.165) is 6.54 Å². The van der Waals surface area contributed by atoms with Crippen molar-refractivity contribution in [2.45, 2.75) is 12.5 Å². The molecule has 0 radical (unpaired) electrons. The summed E-state index contributed by atoms with van der Waals surface area (Å²) in [4.78, 5) is 26.2. The number of hydrogen-bond donors (Lipinski definition) is 2. The van der Waals surface area contributed by atoms with Gasteiger partial charge in [-0.2, -0.15) is 0 Å². The normalized spacial score (nSPS) is 22.2. The topological polar surface area (TPSA) is 72.9 Å². The van der Waals surface area contributed by atoms with Gasteiger partial charge in [0.15, 0.2) is 0 Å². The van der Waals surface area contributed by atoms with E-state index >= 15 is 0 Å². The zero-order valence-electron chi connectivity index (χ0n) is 11.1. The molecule has 0 saturated carbocycles. The van der Waals surface area contributed by atoms with Crippen LogP contribution in [0.5, 0.6) is 0 Å². The summed E-state index contributed by atoms with van der Waals surface area (Å²) >= 11 is 0. The maximum Gasteiger partial charge on any atom is 0.317 e. The molecule has 0 saturated heterocycles. The highest BCUT2D eigenvalue weighted by atomic mass is 16.4. The molecule has 18 heavy (non-hydrogen) atoms. The minimum absolute atomic E-state index is 0.169. The Hall–Kier alpha value is -1.56. The fraction of sp³-hybridized carbons (Fsp3) is 0.667. The molecule has 0 aromatic carbocycles. The van der Waals surface area contributed by atoms with Gasteiger partial charge in [-0.1, -0.05) is 12.2 Å². The van der Waals surface area contributed by atoms with Gasteiger partial charge in [-0.25, -0.2) is 4.79 Å². The Morgan fingerprint density at radius 2 is 1.94 bits per heavy atom. The first-order valence-electron chi connectivity index (χ1n) is 5.97. The average Bonchev–Trinajstić information content (AvgIpc) is 2.74. The molecule has 2 N–H and O–H groups in total. The van der Waals surface area contributed by atoms with E-state index in [9.17, 15) is 9.59 Å². The number of likely N-dealkylation sites (N-methyl/N-ethyl adjacent to an activating group) is 2. The fourth-order valence-electron chi connectivity index (χ4n) is 1.71. The Labute approximate surface area is 107 Å². The maximum atomic E-state index is 11.8. The summed E-state index contributed by atoms with van der Waals surface area (Å²) in [6, 6.07) is -0.349. The molecule has 6 heteroatoms. The summed E-state index contributed by atoms with van der Waals surface area (Å²) < 4.78 is 0. The second-order valence-electron chi connectivity index (χ2n) is 4.85. The van der Waals surface area contributed by atoms with Crippen LogP contribution in [0.1, 0.15) is 6.42 Å². The molecule has 0 aromatic rings. The number of rotatable bonds is 5. The quantitative estimate of drug-likeness (QED) is 0.689. The van der Waals surface area contributed by atoms with E-state index in [0.29, 0.717) is 13.0 Å². The lowest BCUT2D eigenvalue weighted by Crippen LogP contribution is -2.44. The molecule has 0 bridgehead atoms. The van der Waals surface area contributed by atoms with E-state index in [1.165, 1.54) is 0 Å². The number of aliphatic carboxylic acids is 1. The number of amides is 2. The molecule has 0 fully saturated rings. The Morgan fingerprint density at radius 3 is 2.44 bits per heavy atom. The van der Waals surface area contributed by atoms with Crippen LogP contribution in [0.15, 0.2) is 12.2 Å². The number of nitrogens with zero attached hydrogens (tertiary/aromatic N) is 2. The van der Waals surface area contributed by atoms with Crippen LogP contribution in [-0.2, 0) is 4.79 Å². The monoisotopic (exact) mass is 255 g/mol. The first kappa shape index (κ1) is 14.5. The first-order valence-corrected chi connectivity index (χ1v) is 5.97. The van der Waals surface area contributed by atoms with E-state index in [-0.39, 0.29) is 12.1 Å². The third-order valence-corrected chi connectivity index (χ3v) is 2.94. The Bertz CT molecular complexity index is 341. The summed E-state index contributed by atoms with van der Waals surface area (Å²) in [5, 5.41) is 11.6. The lowest BCUT2D eigenvalue weighted by Gasteiger charge is -2.22. The molecule has 2 amide bonds. The molecule has 1 aliphatic carbocycles. The van der Waals surface area contributed by atoms with Crippen LogP contribution < -0.4 is 5.32 Å². The lowest BCUT2D eigenvalue weighted by atomic mass is 10.1. The Morgan fingerprint density at radius 1 is 1.28 bits per heavy atom. The number of urea groups is 1. The molecule has 102 valence electrons. The summed E-state index contributed by atoms with van der Waals surface area (Å²) in [6.45, 7) is 1.43. The van der Waals surface area contributed by atoms with Crippen LogP contribution in [0.4, 0.5) is 4.79 Å². The molecule has 0 aromatic heterocycles. The largest absolute Gasteiger partial charge is 0.481 e. The Balaban J connectivity index is 2.33. The van der Waals surface area contributed by atoms with Gasteiger partial charge < -0.3 is 20.2 Å². The summed E-state index contributed by atoms with van der Waals surface area (Å²) in [6.07, 6.45) is 3.81. The van der Waals surface area contributed by atoms with E-state index in [1.54, 1.807) is 24.1 Å². The van der Waals surface area contributed by atoms with E-state index in [2.05, 4.69) is 5.32 Å². The molecule has 0 spiro atoms. The standard InChI is InChI=1S/C12H21N3O3/c1-14(2)6-7-15(3)12(18)13-10-5-4-9(8-10)11(16)17/h4-5,9-10H,6-8H2,1-3H3,(H,13,18)(H,16,17). The van der Waals surface area contributed by atoms with Crippen LogP contribution in [0, 0.1) is 5.92 Å².